The highest BCUT2D eigenvalue weighted by atomic mass is 19.4. The predicted octanol–water partition coefficient (Wildman–Crippen LogP) is 4.50. The molecule has 0 unspecified atom stereocenters. The molecular weight excluding hydrogens is 423 g/mol. The van der Waals surface area contributed by atoms with E-state index in [0.717, 1.165) is 6.07 Å². The number of para-hydroxylation sites is 1. The van der Waals surface area contributed by atoms with Crippen molar-refractivity contribution < 1.29 is 27.5 Å². The minimum atomic E-state index is -4.56. The standard InChI is InChI=1S/C23H22F3N3O3/c1-32-22(31)14-8-10-29(11-9-14)20-7-6-15(12-18(20)23(24,25)26)27-13-17-16-4-2-3-5-19(16)28-21(17)30/h2-7,12-14,27H,8-11H2,1H3,(H,28,30)/b17-13-. The van der Waals surface area contributed by atoms with Gasteiger partial charge in [0.25, 0.3) is 5.91 Å². The number of alkyl halides is 3. The van der Waals surface area contributed by atoms with E-state index in [0.29, 0.717) is 42.8 Å². The number of hydrogen-bond acceptors (Lipinski definition) is 5. The van der Waals surface area contributed by atoms with Gasteiger partial charge in [0.15, 0.2) is 0 Å². The number of piperidine rings is 1. The van der Waals surface area contributed by atoms with Crippen molar-refractivity contribution in [1.82, 2.24) is 0 Å². The molecule has 0 aromatic heterocycles. The van der Waals surface area contributed by atoms with Crippen LogP contribution < -0.4 is 15.5 Å². The van der Waals surface area contributed by atoms with Crippen LogP contribution in [0, 0.1) is 5.92 Å². The lowest BCUT2D eigenvalue weighted by molar-refractivity contribution is -0.146. The Hall–Kier alpha value is -3.49. The molecule has 0 spiro atoms. The molecule has 0 aliphatic carbocycles. The highest BCUT2D eigenvalue weighted by Gasteiger charge is 2.36. The number of hydrogen-bond donors (Lipinski definition) is 2. The fourth-order valence-corrected chi connectivity index (χ4v) is 4.09. The van der Waals surface area contributed by atoms with E-state index in [1.165, 1.54) is 19.4 Å². The molecule has 2 aromatic rings. The van der Waals surface area contributed by atoms with Crippen molar-refractivity contribution in [3.05, 3.63) is 59.8 Å². The highest BCUT2D eigenvalue weighted by Crippen LogP contribution is 2.40. The Morgan fingerprint density at radius 3 is 2.59 bits per heavy atom. The van der Waals surface area contributed by atoms with Crippen molar-refractivity contribution in [3.8, 4) is 0 Å². The van der Waals surface area contributed by atoms with Gasteiger partial charge >= 0.3 is 12.1 Å². The summed E-state index contributed by atoms with van der Waals surface area (Å²) in [6.45, 7) is 0.660. The maximum Gasteiger partial charge on any atom is 0.418 e. The third-order valence-electron chi connectivity index (χ3n) is 5.77. The smallest absolute Gasteiger partial charge is 0.418 e. The van der Waals surface area contributed by atoms with Crippen LogP contribution in [0.1, 0.15) is 24.0 Å². The monoisotopic (exact) mass is 445 g/mol. The number of carbonyl (C=O) groups excluding carboxylic acids is 2. The number of nitrogens with one attached hydrogen (secondary N) is 2. The van der Waals surface area contributed by atoms with Gasteiger partial charge in [0.1, 0.15) is 0 Å². The Bertz CT molecular complexity index is 1070. The molecule has 9 heteroatoms. The Morgan fingerprint density at radius 2 is 1.91 bits per heavy atom. The van der Waals surface area contributed by atoms with Crippen molar-refractivity contribution in [1.29, 1.82) is 0 Å². The Balaban J connectivity index is 1.56. The Labute approximate surface area is 183 Å². The number of esters is 1. The first-order valence-electron chi connectivity index (χ1n) is 10.2. The van der Waals surface area contributed by atoms with Crippen LogP contribution in [0.5, 0.6) is 0 Å². The molecule has 0 saturated carbocycles. The molecule has 0 atom stereocenters. The summed E-state index contributed by atoms with van der Waals surface area (Å²) in [5.41, 5.74) is 1.22. The van der Waals surface area contributed by atoms with Crippen LogP contribution in [-0.4, -0.2) is 32.1 Å². The zero-order valence-corrected chi connectivity index (χ0v) is 17.3. The molecule has 2 heterocycles. The molecule has 2 N–H and O–H groups in total. The summed E-state index contributed by atoms with van der Waals surface area (Å²) in [5, 5.41) is 5.55. The molecular formula is C23H22F3N3O3. The third kappa shape index (κ3) is 4.28. The van der Waals surface area contributed by atoms with Gasteiger partial charge in [0.05, 0.1) is 24.2 Å². The molecule has 0 radical (unpaired) electrons. The number of halogens is 3. The van der Waals surface area contributed by atoms with Gasteiger partial charge in [0.2, 0.25) is 0 Å². The van der Waals surface area contributed by atoms with Gasteiger partial charge in [-0.25, -0.2) is 0 Å². The number of anilines is 3. The van der Waals surface area contributed by atoms with Gasteiger partial charge in [-0.1, -0.05) is 18.2 Å². The lowest BCUT2D eigenvalue weighted by Gasteiger charge is -2.34. The van der Waals surface area contributed by atoms with Gasteiger partial charge in [0, 0.05) is 41.9 Å². The number of methoxy groups -OCH3 is 1. The van der Waals surface area contributed by atoms with E-state index in [1.54, 1.807) is 35.2 Å². The molecule has 2 aliphatic heterocycles. The summed E-state index contributed by atoms with van der Waals surface area (Å²) in [4.78, 5) is 25.5. The number of ether oxygens (including phenoxy) is 1. The SMILES string of the molecule is COC(=O)C1CCN(c2ccc(N/C=C3\C(=O)Nc4ccccc43)cc2C(F)(F)F)CC1. The first kappa shape index (κ1) is 21.7. The average molecular weight is 445 g/mol. The topological polar surface area (TPSA) is 70.7 Å². The minimum absolute atomic E-state index is 0.0722. The summed E-state index contributed by atoms with van der Waals surface area (Å²) >= 11 is 0. The molecule has 32 heavy (non-hydrogen) atoms. The zero-order valence-electron chi connectivity index (χ0n) is 17.3. The Morgan fingerprint density at radius 1 is 1.19 bits per heavy atom. The van der Waals surface area contributed by atoms with Crippen LogP contribution in [0.2, 0.25) is 0 Å². The molecule has 1 fully saturated rings. The van der Waals surface area contributed by atoms with Crippen LogP contribution in [0.25, 0.3) is 5.57 Å². The number of rotatable bonds is 4. The first-order valence-corrected chi connectivity index (χ1v) is 10.2. The summed E-state index contributed by atoms with van der Waals surface area (Å²) in [6.07, 6.45) is -2.27. The predicted molar refractivity (Wildman–Crippen MR) is 115 cm³/mol. The van der Waals surface area contributed by atoms with Gasteiger partial charge in [-0.2, -0.15) is 13.2 Å². The van der Waals surface area contributed by atoms with E-state index in [2.05, 4.69) is 10.6 Å². The van der Waals surface area contributed by atoms with Crippen LogP contribution in [-0.2, 0) is 20.5 Å². The van der Waals surface area contributed by atoms with E-state index in [1.807, 2.05) is 0 Å². The molecule has 168 valence electrons. The Kier molecular flexibility index (Phi) is 5.82. The normalized spacial score (nSPS) is 17.8. The maximum atomic E-state index is 13.8. The van der Waals surface area contributed by atoms with Crippen molar-refractivity contribution in [2.75, 3.05) is 35.7 Å². The molecule has 2 aromatic carbocycles. The second-order valence-electron chi connectivity index (χ2n) is 7.72. The summed E-state index contributed by atoms with van der Waals surface area (Å²) < 4.78 is 46.2. The third-order valence-corrected chi connectivity index (χ3v) is 5.77. The molecule has 1 amide bonds. The van der Waals surface area contributed by atoms with Gasteiger partial charge in [-0.15, -0.1) is 0 Å². The van der Waals surface area contributed by atoms with Gasteiger partial charge < -0.3 is 20.3 Å². The average Bonchev–Trinajstić information content (AvgIpc) is 3.11. The van der Waals surface area contributed by atoms with Crippen molar-refractivity contribution >= 4 is 34.5 Å². The van der Waals surface area contributed by atoms with Crippen molar-refractivity contribution in [3.63, 3.8) is 0 Å². The molecule has 4 rings (SSSR count). The molecule has 0 bridgehead atoms. The molecule has 2 aliphatic rings. The largest absolute Gasteiger partial charge is 0.469 e. The quantitative estimate of drug-likeness (QED) is 0.536. The molecule has 1 saturated heterocycles. The number of nitrogens with zero attached hydrogens (tertiary/aromatic N) is 1. The van der Waals surface area contributed by atoms with E-state index in [-0.39, 0.29) is 29.2 Å². The summed E-state index contributed by atoms with van der Waals surface area (Å²) in [5.74, 6) is -0.941. The van der Waals surface area contributed by atoms with Crippen LogP contribution in [0.4, 0.5) is 30.2 Å². The summed E-state index contributed by atoms with van der Waals surface area (Å²) in [7, 11) is 1.31. The van der Waals surface area contributed by atoms with Gasteiger partial charge in [-0.3, -0.25) is 9.59 Å². The number of carbonyl (C=O) groups is 2. The maximum absolute atomic E-state index is 13.8. The van der Waals surface area contributed by atoms with Gasteiger partial charge in [-0.05, 0) is 37.1 Å². The lowest BCUT2D eigenvalue weighted by atomic mass is 9.96. The minimum Gasteiger partial charge on any atom is -0.469 e. The summed E-state index contributed by atoms with van der Waals surface area (Å²) in [6, 6.07) is 11.1. The first-order chi connectivity index (χ1) is 15.3. The fraction of sp³-hybridized carbons (Fsp3) is 0.304. The van der Waals surface area contributed by atoms with E-state index >= 15 is 0 Å². The van der Waals surface area contributed by atoms with E-state index in [9.17, 15) is 22.8 Å². The van der Waals surface area contributed by atoms with Crippen LogP contribution in [0.3, 0.4) is 0 Å². The van der Waals surface area contributed by atoms with Crippen LogP contribution in [0.15, 0.2) is 48.7 Å². The second-order valence-corrected chi connectivity index (χ2v) is 7.72. The number of benzene rings is 2. The number of amides is 1. The van der Waals surface area contributed by atoms with E-state index in [4.69, 9.17) is 4.74 Å². The highest BCUT2D eigenvalue weighted by molar-refractivity contribution is 6.31. The van der Waals surface area contributed by atoms with E-state index < -0.39 is 11.7 Å². The number of fused-ring (bicyclic) bond motifs is 1. The van der Waals surface area contributed by atoms with Crippen molar-refractivity contribution in [2.45, 2.75) is 19.0 Å². The molecule has 6 nitrogen and oxygen atoms in total. The fourth-order valence-electron chi connectivity index (χ4n) is 4.09. The van der Waals surface area contributed by atoms with Crippen LogP contribution >= 0.6 is 0 Å². The second kappa shape index (κ2) is 8.57. The van der Waals surface area contributed by atoms with Crippen molar-refractivity contribution in [2.24, 2.45) is 5.92 Å². The zero-order chi connectivity index (χ0) is 22.9. The lowest BCUT2D eigenvalue weighted by Crippen LogP contribution is -2.37.